The maximum Gasteiger partial charge on any atom is 0.264 e. The van der Waals surface area contributed by atoms with E-state index in [0.29, 0.717) is 9.39 Å². The summed E-state index contributed by atoms with van der Waals surface area (Å²) in [5.41, 5.74) is 1.73. The van der Waals surface area contributed by atoms with E-state index in [-0.39, 0.29) is 11.5 Å². The first-order valence-corrected chi connectivity index (χ1v) is 8.27. The van der Waals surface area contributed by atoms with Gasteiger partial charge in [0.25, 0.3) is 5.56 Å². The van der Waals surface area contributed by atoms with Gasteiger partial charge in [-0.2, -0.15) is 0 Å². The number of nitrogens with zero attached hydrogens (tertiary/aromatic N) is 1. The summed E-state index contributed by atoms with van der Waals surface area (Å²) in [5.74, 6) is 0.875. The zero-order chi connectivity index (χ0) is 14.0. The fourth-order valence-electron chi connectivity index (χ4n) is 1.74. The van der Waals surface area contributed by atoms with Crippen LogP contribution in [0.1, 0.15) is 25.5 Å². The molecule has 2 aromatic rings. The number of rotatable bonds is 3. The molecular weight excluding hydrogens is 371 g/mol. The van der Waals surface area contributed by atoms with Crippen molar-refractivity contribution in [3.63, 3.8) is 0 Å². The van der Waals surface area contributed by atoms with Crippen molar-refractivity contribution in [2.45, 2.75) is 24.7 Å². The molecule has 0 amide bonds. The third kappa shape index (κ3) is 3.20. The van der Waals surface area contributed by atoms with Crippen LogP contribution in [-0.4, -0.2) is 16.2 Å². The molecule has 0 bridgehead atoms. The van der Waals surface area contributed by atoms with Crippen molar-refractivity contribution >= 4 is 34.4 Å². The highest BCUT2D eigenvalue weighted by Gasteiger charge is 2.12. The van der Waals surface area contributed by atoms with Crippen molar-refractivity contribution in [3.05, 3.63) is 43.9 Å². The first-order valence-electron chi connectivity index (χ1n) is 5.97. The third-order valence-corrected chi connectivity index (χ3v) is 4.58. The topological polar surface area (TPSA) is 45.8 Å². The smallest absolute Gasteiger partial charge is 0.264 e. The van der Waals surface area contributed by atoms with Crippen LogP contribution in [0.2, 0.25) is 0 Å². The summed E-state index contributed by atoms with van der Waals surface area (Å²) in [6.45, 7) is 4.09. The van der Waals surface area contributed by atoms with Crippen LogP contribution in [0.25, 0.3) is 11.4 Å². The van der Waals surface area contributed by atoms with E-state index in [1.807, 2.05) is 44.4 Å². The lowest BCUT2D eigenvalue weighted by Crippen LogP contribution is -2.17. The quantitative estimate of drug-likeness (QED) is 0.643. The van der Waals surface area contributed by atoms with Crippen LogP contribution in [-0.2, 0) is 0 Å². The first-order chi connectivity index (χ1) is 9.02. The Hall–Kier alpha value is -0.820. The van der Waals surface area contributed by atoms with Crippen LogP contribution < -0.4 is 5.56 Å². The summed E-state index contributed by atoms with van der Waals surface area (Å²) in [6, 6.07) is 8.04. The van der Waals surface area contributed by atoms with Crippen molar-refractivity contribution in [1.82, 2.24) is 9.97 Å². The van der Waals surface area contributed by atoms with Crippen molar-refractivity contribution in [3.8, 4) is 11.4 Å². The van der Waals surface area contributed by atoms with Gasteiger partial charge >= 0.3 is 0 Å². The fourth-order valence-corrected chi connectivity index (χ4v) is 3.03. The molecule has 3 nitrogen and oxygen atoms in total. The number of halogens is 1. The Morgan fingerprint density at radius 3 is 2.42 bits per heavy atom. The van der Waals surface area contributed by atoms with Crippen LogP contribution in [0.15, 0.2) is 34.0 Å². The number of aromatic amines is 1. The highest BCUT2D eigenvalue weighted by molar-refractivity contribution is 14.1. The molecule has 2 rings (SSSR count). The fraction of sp³-hybridized carbons (Fsp3) is 0.286. The second kappa shape index (κ2) is 6.09. The van der Waals surface area contributed by atoms with Crippen LogP contribution in [0.3, 0.4) is 0 Å². The van der Waals surface area contributed by atoms with Gasteiger partial charge < -0.3 is 4.98 Å². The number of hydrogen-bond donors (Lipinski definition) is 1. The van der Waals surface area contributed by atoms with E-state index in [1.54, 1.807) is 11.8 Å². The number of hydrogen-bond acceptors (Lipinski definition) is 3. The molecule has 0 aliphatic heterocycles. The molecule has 1 aromatic carbocycles. The summed E-state index contributed by atoms with van der Waals surface area (Å²) in [7, 11) is 0. The van der Waals surface area contributed by atoms with Gasteiger partial charge in [-0.05, 0) is 46.9 Å². The lowest BCUT2D eigenvalue weighted by Gasteiger charge is -2.09. The van der Waals surface area contributed by atoms with Gasteiger partial charge in [-0.1, -0.05) is 26.0 Å². The summed E-state index contributed by atoms with van der Waals surface area (Å²) >= 11 is 3.75. The third-order valence-electron chi connectivity index (χ3n) is 2.80. The second-order valence-corrected chi connectivity index (χ2v) is 6.46. The molecular formula is C14H15IN2OS. The molecule has 19 heavy (non-hydrogen) atoms. The van der Waals surface area contributed by atoms with Crippen LogP contribution in [0.4, 0.5) is 0 Å². The van der Waals surface area contributed by atoms with Gasteiger partial charge in [0.15, 0.2) is 0 Å². The lowest BCUT2D eigenvalue weighted by atomic mass is 10.1. The van der Waals surface area contributed by atoms with Gasteiger partial charge in [-0.15, -0.1) is 11.8 Å². The molecule has 1 N–H and O–H groups in total. The molecule has 1 aromatic heterocycles. The minimum absolute atomic E-state index is 0.0664. The summed E-state index contributed by atoms with van der Waals surface area (Å²) < 4.78 is 0.678. The summed E-state index contributed by atoms with van der Waals surface area (Å²) in [5, 5.41) is 0. The standard InChI is InChI=1S/C14H15IN2OS/c1-8(2)12-11(15)14(18)17-13(16-12)9-4-6-10(19-3)7-5-9/h4-8H,1-3H3,(H,16,17,18). The Labute approximate surface area is 130 Å². The van der Waals surface area contributed by atoms with E-state index >= 15 is 0 Å². The number of nitrogens with one attached hydrogen (secondary N) is 1. The van der Waals surface area contributed by atoms with Crippen molar-refractivity contribution < 1.29 is 0 Å². The molecule has 0 unspecified atom stereocenters. The van der Waals surface area contributed by atoms with Gasteiger partial charge in [0.05, 0.1) is 9.26 Å². The zero-order valence-electron chi connectivity index (χ0n) is 11.0. The van der Waals surface area contributed by atoms with E-state index < -0.39 is 0 Å². The molecule has 0 aliphatic carbocycles. The van der Waals surface area contributed by atoms with Gasteiger partial charge in [0, 0.05) is 10.5 Å². The molecule has 0 spiro atoms. The van der Waals surface area contributed by atoms with Crippen molar-refractivity contribution in [2.24, 2.45) is 0 Å². The average Bonchev–Trinajstić information content (AvgIpc) is 2.41. The van der Waals surface area contributed by atoms with Gasteiger partial charge in [-0.3, -0.25) is 4.79 Å². The summed E-state index contributed by atoms with van der Waals surface area (Å²) in [6.07, 6.45) is 2.04. The molecule has 0 fully saturated rings. The Kier molecular flexibility index (Phi) is 4.67. The number of aromatic nitrogens is 2. The molecule has 0 radical (unpaired) electrons. The Balaban J connectivity index is 2.53. The van der Waals surface area contributed by atoms with Crippen LogP contribution in [0, 0.1) is 3.57 Å². The molecule has 1 heterocycles. The number of thioether (sulfide) groups is 1. The number of H-pyrrole nitrogens is 1. The van der Waals surface area contributed by atoms with Gasteiger partial charge in [0.2, 0.25) is 0 Å². The van der Waals surface area contributed by atoms with Gasteiger partial charge in [-0.25, -0.2) is 4.98 Å². The second-order valence-electron chi connectivity index (χ2n) is 4.50. The lowest BCUT2D eigenvalue weighted by molar-refractivity contribution is 0.802. The average molecular weight is 386 g/mol. The highest BCUT2D eigenvalue weighted by Crippen LogP contribution is 2.22. The zero-order valence-corrected chi connectivity index (χ0v) is 14.0. The molecule has 0 atom stereocenters. The maximum absolute atomic E-state index is 12.0. The SMILES string of the molecule is CSc1ccc(-c2nc(C(C)C)c(I)c(=O)[nH]2)cc1. The molecule has 5 heteroatoms. The highest BCUT2D eigenvalue weighted by atomic mass is 127. The predicted molar refractivity (Wildman–Crippen MR) is 88.9 cm³/mol. The molecule has 0 saturated carbocycles. The van der Waals surface area contributed by atoms with E-state index in [2.05, 4.69) is 32.6 Å². The molecule has 0 saturated heterocycles. The summed E-state index contributed by atoms with van der Waals surface area (Å²) in [4.78, 5) is 20.6. The van der Waals surface area contributed by atoms with E-state index in [4.69, 9.17) is 0 Å². The Morgan fingerprint density at radius 2 is 1.89 bits per heavy atom. The van der Waals surface area contributed by atoms with Crippen molar-refractivity contribution in [1.29, 1.82) is 0 Å². The maximum atomic E-state index is 12.0. The van der Waals surface area contributed by atoms with Crippen LogP contribution in [0.5, 0.6) is 0 Å². The molecule has 0 aliphatic rings. The van der Waals surface area contributed by atoms with Crippen LogP contribution >= 0.6 is 34.4 Å². The Morgan fingerprint density at radius 1 is 1.26 bits per heavy atom. The number of benzene rings is 1. The minimum Gasteiger partial charge on any atom is -0.306 e. The predicted octanol–water partition coefficient (Wildman–Crippen LogP) is 3.89. The van der Waals surface area contributed by atoms with Crippen molar-refractivity contribution in [2.75, 3.05) is 6.26 Å². The van der Waals surface area contributed by atoms with Gasteiger partial charge in [0.1, 0.15) is 5.82 Å². The van der Waals surface area contributed by atoms with E-state index in [9.17, 15) is 4.79 Å². The largest absolute Gasteiger partial charge is 0.306 e. The van der Waals surface area contributed by atoms with E-state index in [0.717, 1.165) is 11.3 Å². The van der Waals surface area contributed by atoms with E-state index in [1.165, 1.54) is 4.90 Å². The minimum atomic E-state index is -0.0664. The normalized spacial score (nSPS) is 11.0. The monoisotopic (exact) mass is 386 g/mol. The molecule has 100 valence electrons. The first kappa shape index (κ1) is 14.6. The Bertz CT molecular complexity index is 635.